The van der Waals surface area contributed by atoms with Crippen LogP contribution in [0.15, 0.2) is 12.1 Å². The fourth-order valence-electron chi connectivity index (χ4n) is 2.70. The van der Waals surface area contributed by atoms with Crippen molar-refractivity contribution >= 4 is 34.5 Å². The van der Waals surface area contributed by atoms with Crippen molar-refractivity contribution in [2.24, 2.45) is 0 Å². The van der Waals surface area contributed by atoms with Gasteiger partial charge >= 0.3 is 0 Å². The monoisotopic (exact) mass is 325 g/mol. The number of aryl methyl sites for hydroxylation is 2. The molecule has 0 N–H and O–H groups in total. The van der Waals surface area contributed by atoms with E-state index in [9.17, 15) is 0 Å². The largest absolute Gasteiger partial charge is 0.311 e. The fourth-order valence-corrected chi connectivity index (χ4v) is 3.70. The molecule has 2 aromatic rings. The zero-order valence-corrected chi connectivity index (χ0v) is 14.9. The molecule has 0 amide bonds. The van der Waals surface area contributed by atoms with Gasteiger partial charge in [-0.1, -0.05) is 13.8 Å². The van der Waals surface area contributed by atoms with Crippen molar-refractivity contribution in [2.75, 3.05) is 12.1 Å². The van der Waals surface area contributed by atoms with Crippen LogP contribution in [0.5, 0.6) is 0 Å². The molecule has 0 saturated heterocycles. The lowest BCUT2D eigenvalue weighted by molar-refractivity contribution is 0.463. The number of pyridine rings is 1. The number of thioether (sulfide) groups is 1. The van der Waals surface area contributed by atoms with Gasteiger partial charge in [-0.05, 0) is 38.2 Å². The zero-order chi connectivity index (χ0) is 15.5. The molecule has 0 fully saturated rings. The predicted molar refractivity (Wildman–Crippen MR) is 93.5 cm³/mol. The first-order chi connectivity index (χ1) is 10.1. The van der Waals surface area contributed by atoms with Crippen molar-refractivity contribution in [2.45, 2.75) is 51.3 Å². The van der Waals surface area contributed by atoms with E-state index in [0.717, 1.165) is 48.5 Å². The third-order valence-electron chi connectivity index (χ3n) is 4.30. The molecule has 2 heterocycles. The number of nitrogens with zero attached hydrogens (tertiary/aromatic N) is 3. The third kappa shape index (κ3) is 3.37. The number of hydrogen-bond donors (Lipinski definition) is 0. The van der Waals surface area contributed by atoms with Crippen molar-refractivity contribution in [3.8, 4) is 0 Å². The van der Waals surface area contributed by atoms with Gasteiger partial charge < -0.3 is 4.57 Å². The van der Waals surface area contributed by atoms with Gasteiger partial charge in [0.05, 0.1) is 0 Å². The standard InChI is InChI=1S/C16H24ClN3S/c1-5-16(6-2,21-4)11-20-14(9-10-17)19-13-8-7-12(3)18-15(13)20/h7-8H,5-6,9-11H2,1-4H3. The number of imidazole rings is 1. The topological polar surface area (TPSA) is 30.7 Å². The fraction of sp³-hybridized carbons (Fsp3) is 0.625. The van der Waals surface area contributed by atoms with E-state index >= 15 is 0 Å². The normalized spacial score (nSPS) is 12.2. The number of aromatic nitrogens is 3. The summed E-state index contributed by atoms with van der Waals surface area (Å²) in [5.74, 6) is 1.64. The number of rotatable bonds is 7. The van der Waals surface area contributed by atoms with Gasteiger partial charge in [-0.2, -0.15) is 11.8 Å². The molecular formula is C16H24ClN3S. The number of hydrogen-bond acceptors (Lipinski definition) is 3. The Morgan fingerprint density at radius 2 is 1.95 bits per heavy atom. The molecule has 2 aromatic heterocycles. The minimum absolute atomic E-state index is 0.236. The SMILES string of the molecule is CCC(CC)(Cn1c(CCCl)nc2ccc(C)nc21)SC. The van der Waals surface area contributed by atoms with Gasteiger partial charge in [0, 0.05) is 29.3 Å². The first-order valence-corrected chi connectivity index (χ1v) is 9.29. The van der Waals surface area contributed by atoms with E-state index in [1.807, 2.05) is 24.8 Å². The molecule has 0 atom stereocenters. The third-order valence-corrected chi connectivity index (χ3v) is 6.06. The van der Waals surface area contributed by atoms with Gasteiger partial charge in [0.1, 0.15) is 11.3 Å². The van der Waals surface area contributed by atoms with Gasteiger partial charge in [-0.25, -0.2) is 9.97 Å². The summed E-state index contributed by atoms with van der Waals surface area (Å²) < 4.78 is 2.52. The molecule has 21 heavy (non-hydrogen) atoms. The van der Waals surface area contributed by atoms with Crippen LogP contribution >= 0.6 is 23.4 Å². The summed E-state index contributed by atoms with van der Waals surface area (Å²) in [6, 6.07) is 4.08. The lowest BCUT2D eigenvalue weighted by atomic mass is 10.0. The molecule has 3 nitrogen and oxygen atoms in total. The first-order valence-electron chi connectivity index (χ1n) is 7.53. The highest BCUT2D eigenvalue weighted by Crippen LogP contribution is 2.34. The maximum atomic E-state index is 5.96. The Kier molecular flexibility index (Phi) is 5.55. The molecule has 0 radical (unpaired) electrons. The lowest BCUT2D eigenvalue weighted by Crippen LogP contribution is -2.30. The van der Waals surface area contributed by atoms with Crippen molar-refractivity contribution < 1.29 is 0 Å². The number of fused-ring (bicyclic) bond motifs is 1. The van der Waals surface area contributed by atoms with Gasteiger partial charge in [0.2, 0.25) is 0 Å². The van der Waals surface area contributed by atoms with Crippen LogP contribution in [0.3, 0.4) is 0 Å². The molecule has 2 rings (SSSR count). The Labute approximate surface area is 136 Å². The Hall–Kier alpha value is -0.740. The van der Waals surface area contributed by atoms with Crippen LogP contribution in [0.25, 0.3) is 11.2 Å². The van der Waals surface area contributed by atoms with E-state index in [4.69, 9.17) is 21.6 Å². The van der Waals surface area contributed by atoms with Gasteiger partial charge in [-0.15, -0.1) is 11.6 Å². The van der Waals surface area contributed by atoms with Crippen LogP contribution in [-0.4, -0.2) is 31.4 Å². The average molecular weight is 326 g/mol. The summed E-state index contributed by atoms with van der Waals surface area (Å²) in [5.41, 5.74) is 3.00. The molecule has 0 aliphatic carbocycles. The highest BCUT2D eigenvalue weighted by atomic mass is 35.5. The van der Waals surface area contributed by atoms with Crippen LogP contribution in [0.4, 0.5) is 0 Å². The first kappa shape index (κ1) is 16.6. The van der Waals surface area contributed by atoms with E-state index in [1.165, 1.54) is 0 Å². The molecule has 0 aromatic carbocycles. The highest BCUT2D eigenvalue weighted by Gasteiger charge is 2.27. The number of halogens is 1. The summed E-state index contributed by atoms with van der Waals surface area (Å²) in [6.07, 6.45) is 5.26. The molecule has 5 heteroatoms. The van der Waals surface area contributed by atoms with Crippen LogP contribution < -0.4 is 0 Å². The zero-order valence-electron chi connectivity index (χ0n) is 13.3. The summed E-state index contributed by atoms with van der Waals surface area (Å²) >= 11 is 7.91. The second-order valence-corrected chi connectivity index (χ2v) is 7.10. The summed E-state index contributed by atoms with van der Waals surface area (Å²) in [7, 11) is 0. The predicted octanol–water partition coefficient (Wildman–Crippen LogP) is 4.44. The molecule has 0 bridgehead atoms. The molecule has 0 saturated carbocycles. The molecular weight excluding hydrogens is 302 g/mol. The average Bonchev–Trinajstić information content (AvgIpc) is 2.82. The Balaban J connectivity index is 2.53. The minimum Gasteiger partial charge on any atom is -0.311 e. The minimum atomic E-state index is 0.236. The van der Waals surface area contributed by atoms with E-state index < -0.39 is 0 Å². The van der Waals surface area contributed by atoms with Gasteiger partial charge in [0.15, 0.2) is 5.65 Å². The van der Waals surface area contributed by atoms with Crippen LogP contribution in [-0.2, 0) is 13.0 Å². The summed E-state index contributed by atoms with van der Waals surface area (Å²) in [6.45, 7) is 7.50. The van der Waals surface area contributed by atoms with Crippen LogP contribution in [0, 0.1) is 6.92 Å². The van der Waals surface area contributed by atoms with Crippen LogP contribution in [0.1, 0.15) is 38.2 Å². The van der Waals surface area contributed by atoms with Crippen molar-refractivity contribution in [1.29, 1.82) is 0 Å². The highest BCUT2D eigenvalue weighted by molar-refractivity contribution is 8.00. The molecule has 0 spiro atoms. The molecule has 0 aliphatic heterocycles. The molecule has 0 aliphatic rings. The Bertz CT molecular complexity index is 597. The lowest BCUT2D eigenvalue weighted by Gasteiger charge is -2.30. The molecule has 0 unspecified atom stereocenters. The van der Waals surface area contributed by atoms with Crippen molar-refractivity contribution in [3.05, 3.63) is 23.7 Å². The number of alkyl halides is 1. The second kappa shape index (κ2) is 7.01. The van der Waals surface area contributed by atoms with Crippen molar-refractivity contribution in [3.63, 3.8) is 0 Å². The van der Waals surface area contributed by atoms with Crippen LogP contribution in [0.2, 0.25) is 0 Å². The van der Waals surface area contributed by atoms with E-state index in [2.05, 4.69) is 30.7 Å². The van der Waals surface area contributed by atoms with Gasteiger partial charge in [-0.3, -0.25) is 0 Å². The van der Waals surface area contributed by atoms with Crippen molar-refractivity contribution in [1.82, 2.24) is 14.5 Å². The quantitative estimate of drug-likeness (QED) is 0.705. The maximum absolute atomic E-state index is 5.96. The maximum Gasteiger partial charge on any atom is 0.160 e. The summed E-state index contributed by atoms with van der Waals surface area (Å²) in [5, 5.41) is 0. The second-order valence-electron chi connectivity index (χ2n) is 5.44. The summed E-state index contributed by atoms with van der Waals surface area (Å²) in [4.78, 5) is 9.45. The van der Waals surface area contributed by atoms with E-state index in [1.54, 1.807) is 0 Å². The van der Waals surface area contributed by atoms with E-state index in [0.29, 0.717) is 5.88 Å². The van der Waals surface area contributed by atoms with Gasteiger partial charge in [0.25, 0.3) is 0 Å². The smallest absolute Gasteiger partial charge is 0.160 e. The Morgan fingerprint density at radius 3 is 2.52 bits per heavy atom. The van der Waals surface area contributed by atoms with E-state index in [-0.39, 0.29) is 4.75 Å². The molecule has 116 valence electrons. The Morgan fingerprint density at radius 1 is 1.24 bits per heavy atom.